The molecule has 0 amide bonds. The van der Waals surface area contributed by atoms with Gasteiger partial charge in [0.1, 0.15) is 19.0 Å². The van der Waals surface area contributed by atoms with Crippen molar-refractivity contribution >= 4 is 5.97 Å². The predicted octanol–water partition coefficient (Wildman–Crippen LogP) is 4.07. The highest BCUT2D eigenvalue weighted by atomic mass is 16.5. The summed E-state index contributed by atoms with van der Waals surface area (Å²) in [5.74, 6) is 0.481. The quantitative estimate of drug-likeness (QED) is 0.419. The Labute approximate surface area is 136 Å². The Kier molecular flexibility index (Phi) is 6.24. The molecular weight excluding hydrogens is 292 g/mol. The molecule has 0 N–H and O–H groups in total. The largest absolute Gasteiger partial charge is 0.498 e. The first-order valence-electron chi connectivity index (χ1n) is 7.47. The van der Waals surface area contributed by atoms with Crippen molar-refractivity contribution in [2.75, 3.05) is 19.8 Å². The van der Waals surface area contributed by atoms with E-state index in [0.29, 0.717) is 25.4 Å². The minimum Gasteiger partial charge on any atom is -0.498 e. The molecule has 4 heteroatoms. The third-order valence-corrected chi connectivity index (χ3v) is 3.17. The zero-order chi connectivity index (χ0) is 16.5. The highest BCUT2D eigenvalue weighted by molar-refractivity contribution is 5.90. The third-order valence-electron chi connectivity index (χ3n) is 3.17. The highest BCUT2D eigenvalue weighted by Gasteiger charge is 2.06. The normalized spacial score (nSPS) is 9.96. The van der Waals surface area contributed by atoms with Gasteiger partial charge in [0.15, 0.2) is 0 Å². The lowest BCUT2D eigenvalue weighted by Crippen LogP contribution is -2.04. The molecule has 0 fully saturated rings. The standard InChI is InChI=1S/C19H20O4/c1-3-21-13-14-23-18-11-9-16(10-12-18)15-5-7-17(8-6-15)19(20)22-4-2/h3,5-12H,1,4,13-14H2,2H3. The summed E-state index contributed by atoms with van der Waals surface area (Å²) in [5.41, 5.74) is 2.63. The molecule has 0 atom stereocenters. The zero-order valence-electron chi connectivity index (χ0n) is 13.2. The number of ether oxygens (including phenoxy) is 3. The van der Waals surface area contributed by atoms with E-state index in [4.69, 9.17) is 14.2 Å². The lowest BCUT2D eigenvalue weighted by atomic mass is 10.0. The van der Waals surface area contributed by atoms with Crippen LogP contribution in [0.15, 0.2) is 61.4 Å². The average molecular weight is 312 g/mol. The summed E-state index contributed by atoms with van der Waals surface area (Å²) >= 11 is 0. The lowest BCUT2D eigenvalue weighted by molar-refractivity contribution is 0.0526. The lowest BCUT2D eigenvalue weighted by Gasteiger charge is -2.08. The second kappa shape index (κ2) is 8.63. The Morgan fingerprint density at radius 3 is 2.17 bits per heavy atom. The molecule has 0 spiro atoms. The van der Waals surface area contributed by atoms with Crippen LogP contribution in [0.2, 0.25) is 0 Å². The summed E-state index contributed by atoms with van der Waals surface area (Å²) in [4.78, 5) is 11.6. The SMILES string of the molecule is C=COCCOc1ccc(-c2ccc(C(=O)OCC)cc2)cc1. The summed E-state index contributed by atoms with van der Waals surface area (Å²) in [6, 6.07) is 15.1. The second-order valence-electron chi connectivity index (χ2n) is 4.71. The van der Waals surface area contributed by atoms with Gasteiger partial charge in [0.25, 0.3) is 0 Å². The van der Waals surface area contributed by atoms with Crippen molar-refractivity contribution in [1.29, 1.82) is 0 Å². The summed E-state index contributed by atoms with van der Waals surface area (Å²) < 4.78 is 15.5. The van der Waals surface area contributed by atoms with Gasteiger partial charge in [-0.05, 0) is 42.3 Å². The maximum atomic E-state index is 11.6. The maximum absolute atomic E-state index is 11.6. The Morgan fingerprint density at radius 2 is 1.61 bits per heavy atom. The molecule has 4 nitrogen and oxygen atoms in total. The van der Waals surface area contributed by atoms with Crippen molar-refractivity contribution in [1.82, 2.24) is 0 Å². The summed E-state index contributed by atoms with van der Waals surface area (Å²) in [5, 5.41) is 0. The van der Waals surface area contributed by atoms with Gasteiger partial charge >= 0.3 is 5.97 Å². The minimum atomic E-state index is -0.301. The maximum Gasteiger partial charge on any atom is 0.338 e. The van der Waals surface area contributed by atoms with Crippen LogP contribution >= 0.6 is 0 Å². The number of rotatable bonds is 8. The molecule has 2 aromatic carbocycles. The fourth-order valence-electron chi connectivity index (χ4n) is 2.05. The number of esters is 1. The van der Waals surface area contributed by atoms with E-state index >= 15 is 0 Å². The van der Waals surface area contributed by atoms with Crippen LogP contribution in [0, 0.1) is 0 Å². The first-order chi connectivity index (χ1) is 11.2. The van der Waals surface area contributed by atoms with Crippen molar-refractivity contribution in [2.45, 2.75) is 6.92 Å². The van der Waals surface area contributed by atoms with E-state index in [9.17, 15) is 4.79 Å². The van der Waals surface area contributed by atoms with Crippen LogP contribution in [-0.2, 0) is 9.47 Å². The van der Waals surface area contributed by atoms with Crippen molar-refractivity contribution in [3.8, 4) is 16.9 Å². The minimum absolute atomic E-state index is 0.301. The molecule has 2 rings (SSSR count). The van der Waals surface area contributed by atoms with Crippen LogP contribution in [0.25, 0.3) is 11.1 Å². The Morgan fingerprint density at radius 1 is 1.00 bits per heavy atom. The molecule has 120 valence electrons. The van der Waals surface area contributed by atoms with Crippen LogP contribution in [0.4, 0.5) is 0 Å². The molecule has 0 bridgehead atoms. The topological polar surface area (TPSA) is 44.8 Å². The van der Waals surface area contributed by atoms with Gasteiger partial charge in [0, 0.05) is 0 Å². The molecule has 0 unspecified atom stereocenters. The Hall–Kier alpha value is -2.75. The molecular formula is C19H20O4. The van der Waals surface area contributed by atoms with Crippen LogP contribution in [0.1, 0.15) is 17.3 Å². The van der Waals surface area contributed by atoms with Gasteiger partial charge in [-0.3, -0.25) is 0 Å². The van der Waals surface area contributed by atoms with Gasteiger partial charge in [-0.1, -0.05) is 30.8 Å². The molecule has 23 heavy (non-hydrogen) atoms. The van der Waals surface area contributed by atoms with Gasteiger partial charge in [0.05, 0.1) is 18.4 Å². The predicted molar refractivity (Wildman–Crippen MR) is 89.5 cm³/mol. The second-order valence-corrected chi connectivity index (χ2v) is 4.71. The zero-order valence-corrected chi connectivity index (χ0v) is 13.2. The number of carbonyl (C=O) groups is 1. The number of hydrogen-bond acceptors (Lipinski definition) is 4. The number of benzene rings is 2. The molecule has 0 saturated heterocycles. The van der Waals surface area contributed by atoms with Crippen LogP contribution < -0.4 is 4.74 Å². The molecule has 2 aromatic rings. The van der Waals surface area contributed by atoms with Crippen molar-refractivity contribution < 1.29 is 19.0 Å². The van der Waals surface area contributed by atoms with Crippen molar-refractivity contribution in [3.05, 3.63) is 66.9 Å². The first kappa shape index (κ1) is 16.6. The van der Waals surface area contributed by atoms with Crippen LogP contribution in [-0.4, -0.2) is 25.8 Å². The fourth-order valence-corrected chi connectivity index (χ4v) is 2.05. The highest BCUT2D eigenvalue weighted by Crippen LogP contribution is 2.23. The molecule has 0 aliphatic carbocycles. The van der Waals surface area contributed by atoms with E-state index in [1.165, 1.54) is 6.26 Å². The fraction of sp³-hybridized carbons (Fsp3) is 0.211. The molecule has 0 aromatic heterocycles. The van der Waals surface area contributed by atoms with E-state index in [2.05, 4.69) is 6.58 Å². The van der Waals surface area contributed by atoms with Crippen LogP contribution in [0.3, 0.4) is 0 Å². The van der Waals surface area contributed by atoms with E-state index in [-0.39, 0.29) is 5.97 Å². The average Bonchev–Trinajstić information content (AvgIpc) is 2.60. The van der Waals surface area contributed by atoms with E-state index < -0.39 is 0 Å². The first-order valence-corrected chi connectivity index (χ1v) is 7.47. The molecule has 0 saturated carbocycles. The molecule has 0 radical (unpaired) electrons. The number of carbonyl (C=O) groups excluding carboxylic acids is 1. The Balaban J connectivity index is 1.99. The van der Waals surface area contributed by atoms with Gasteiger partial charge in [-0.15, -0.1) is 0 Å². The van der Waals surface area contributed by atoms with Gasteiger partial charge in [0.2, 0.25) is 0 Å². The van der Waals surface area contributed by atoms with Gasteiger partial charge in [-0.25, -0.2) is 4.79 Å². The van der Waals surface area contributed by atoms with Crippen LogP contribution in [0.5, 0.6) is 5.75 Å². The Bertz CT molecular complexity index is 629. The van der Waals surface area contributed by atoms with Crippen molar-refractivity contribution in [3.63, 3.8) is 0 Å². The molecule has 0 aliphatic rings. The van der Waals surface area contributed by atoms with E-state index in [1.54, 1.807) is 19.1 Å². The van der Waals surface area contributed by atoms with E-state index in [1.807, 2.05) is 36.4 Å². The smallest absolute Gasteiger partial charge is 0.338 e. The third kappa shape index (κ3) is 4.88. The number of hydrogen-bond donors (Lipinski definition) is 0. The van der Waals surface area contributed by atoms with E-state index in [0.717, 1.165) is 16.9 Å². The molecule has 0 heterocycles. The van der Waals surface area contributed by atoms with Gasteiger partial charge < -0.3 is 14.2 Å². The summed E-state index contributed by atoms with van der Waals surface area (Å²) in [6.07, 6.45) is 1.40. The summed E-state index contributed by atoms with van der Waals surface area (Å²) in [7, 11) is 0. The monoisotopic (exact) mass is 312 g/mol. The van der Waals surface area contributed by atoms with Gasteiger partial charge in [-0.2, -0.15) is 0 Å². The summed E-state index contributed by atoms with van der Waals surface area (Å²) in [6.45, 7) is 6.58. The van der Waals surface area contributed by atoms with Crippen molar-refractivity contribution in [2.24, 2.45) is 0 Å². The molecule has 0 aliphatic heterocycles.